The van der Waals surface area contributed by atoms with Gasteiger partial charge in [-0.15, -0.1) is 0 Å². The first-order chi connectivity index (χ1) is 9.17. The van der Waals surface area contributed by atoms with Gasteiger partial charge in [0, 0.05) is 12.2 Å². The van der Waals surface area contributed by atoms with Crippen LogP contribution in [0.4, 0.5) is 5.69 Å². The number of anilines is 1. The lowest BCUT2D eigenvalue weighted by molar-refractivity contribution is -0.142. The summed E-state index contributed by atoms with van der Waals surface area (Å²) >= 11 is 0. The maximum atomic E-state index is 11.4. The van der Waals surface area contributed by atoms with Crippen LogP contribution in [-0.4, -0.2) is 31.7 Å². The average molecular weight is 265 g/mol. The fourth-order valence-electron chi connectivity index (χ4n) is 1.48. The Morgan fingerprint density at radius 1 is 1.05 bits per heavy atom. The number of nitrogens with one attached hydrogen (secondary N) is 1. The monoisotopic (exact) mass is 265 g/mol. The lowest BCUT2D eigenvalue weighted by Gasteiger charge is -2.07. The van der Waals surface area contributed by atoms with E-state index < -0.39 is 0 Å². The third-order valence-electron chi connectivity index (χ3n) is 2.36. The maximum Gasteiger partial charge on any atom is 0.338 e. The van der Waals surface area contributed by atoms with Crippen molar-refractivity contribution in [2.75, 3.05) is 25.1 Å². The zero-order valence-electron chi connectivity index (χ0n) is 11.3. The molecule has 0 aliphatic rings. The van der Waals surface area contributed by atoms with Crippen molar-refractivity contribution in [3.8, 4) is 0 Å². The molecule has 0 radical (unpaired) electrons. The minimum Gasteiger partial charge on any atom is -0.466 e. The molecule has 0 saturated carbocycles. The number of carbonyl (C=O) groups is 2. The van der Waals surface area contributed by atoms with Gasteiger partial charge in [0.25, 0.3) is 0 Å². The van der Waals surface area contributed by atoms with E-state index in [0.29, 0.717) is 31.7 Å². The number of ether oxygens (including phenoxy) is 2. The molecular formula is C14H19NO4. The van der Waals surface area contributed by atoms with Gasteiger partial charge in [0.1, 0.15) is 0 Å². The Balaban J connectivity index is 2.40. The number of carbonyl (C=O) groups excluding carboxylic acids is 2. The Kier molecular flexibility index (Phi) is 6.43. The van der Waals surface area contributed by atoms with Crippen molar-refractivity contribution in [1.82, 2.24) is 0 Å². The molecule has 0 saturated heterocycles. The lowest BCUT2D eigenvalue weighted by Crippen LogP contribution is -2.11. The molecule has 19 heavy (non-hydrogen) atoms. The number of esters is 2. The summed E-state index contributed by atoms with van der Waals surface area (Å²) in [7, 11) is 0. The molecule has 0 aromatic heterocycles. The van der Waals surface area contributed by atoms with Gasteiger partial charge in [-0.1, -0.05) is 0 Å². The highest BCUT2D eigenvalue weighted by atomic mass is 16.5. The van der Waals surface area contributed by atoms with E-state index in [2.05, 4.69) is 5.32 Å². The van der Waals surface area contributed by atoms with Gasteiger partial charge in [0.2, 0.25) is 0 Å². The molecule has 5 nitrogen and oxygen atoms in total. The molecule has 0 aliphatic heterocycles. The Morgan fingerprint density at radius 2 is 1.68 bits per heavy atom. The zero-order valence-corrected chi connectivity index (χ0v) is 11.3. The molecule has 5 heteroatoms. The van der Waals surface area contributed by atoms with E-state index in [-0.39, 0.29) is 11.9 Å². The lowest BCUT2D eigenvalue weighted by atomic mass is 10.2. The summed E-state index contributed by atoms with van der Waals surface area (Å²) in [6.07, 6.45) is 0.313. The van der Waals surface area contributed by atoms with Gasteiger partial charge in [0.05, 0.1) is 25.2 Å². The van der Waals surface area contributed by atoms with Crippen molar-refractivity contribution in [1.29, 1.82) is 0 Å². The van der Waals surface area contributed by atoms with Gasteiger partial charge in [-0.05, 0) is 38.1 Å². The van der Waals surface area contributed by atoms with E-state index in [0.717, 1.165) is 5.69 Å². The van der Waals surface area contributed by atoms with E-state index in [9.17, 15) is 9.59 Å². The van der Waals surface area contributed by atoms with Gasteiger partial charge in [-0.25, -0.2) is 4.79 Å². The smallest absolute Gasteiger partial charge is 0.338 e. The quantitative estimate of drug-likeness (QED) is 0.766. The first kappa shape index (κ1) is 15.0. The Hall–Kier alpha value is -2.04. The highest BCUT2D eigenvalue weighted by Gasteiger charge is 2.05. The van der Waals surface area contributed by atoms with Crippen molar-refractivity contribution in [2.24, 2.45) is 0 Å². The van der Waals surface area contributed by atoms with Crippen LogP contribution in [0.1, 0.15) is 30.6 Å². The van der Waals surface area contributed by atoms with Crippen molar-refractivity contribution in [3.05, 3.63) is 29.8 Å². The molecule has 0 heterocycles. The van der Waals surface area contributed by atoms with Crippen LogP contribution in [0.25, 0.3) is 0 Å². The van der Waals surface area contributed by atoms with Crippen LogP contribution in [0.15, 0.2) is 24.3 Å². The van der Waals surface area contributed by atoms with Gasteiger partial charge in [-0.2, -0.15) is 0 Å². The second-order valence-corrected chi connectivity index (χ2v) is 3.78. The standard InChI is InChI=1S/C14H19NO4/c1-3-18-13(16)9-10-15-12-7-5-11(6-8-12)14(17)19-4-2/h5-8,15H,3-4,9-10H2,1-2H3. The predicted octanol–water partition coefficient (Wildman–Crippen LogP) is 2.23. The molecule has 1 rings (SSSR count). The molecule has 0 unspecified atom stereocenters. The summed E-state index contributed by atoms with van der Waals surface area (Å²) in [5, 5.41) is 3.08. The number of hydrogen-bond acceptors (Lipinski definition) is 5. The molecule has 1 aromatic carbocycles. The average Bonchev–Trinajstić information content (AvgIpc) is 2.40. The third-order valence-corrected chi connectivity index (χ3v) is 2.36. The summed E-state index contributed by atoms with van der Waals surface area (Å²) in [5.74, 6) is -0.557. The van der Waals surface area contributed by atoms with Crippen molar-refractivity contribution >= 4 is 17.6 Å². The summed E-state index contributed by atoms with van der Waals surface area (Å²) in [4.78, 5) is 22.6. The normalized spacial score (nSPS) is 9.79. The van der Waals surface area contributed by atoms with Gasteiger partial charge in [0.15, 0.2) is 0 Å². The zero-order chi connectivity index (χ0) is 14.1. The number of benzene rings is 1. The summed E-state index contributed by atoms with van der Waals surface area (Å²) in [6, 6.07) is 6.92. The molecule has 0 aliphatic carbocycles. The summed E-state index contributed by atoms with van der Waals surface area (Å²) in [6.45, 7) is 4.80. The van der Waals surface area contributed by atoms with Crippen LogP contribution in [0.3, 0.4) is 0 Å². The van der Waals surface area contributed by atoms with Crippen LogP contribution in [0.2, 0.25) is 0 Å². The van der Waals surface area contributed by atoms with E-state index in [1.165, 1.54) is 0 Å². The second kappa shape index (κ2) is 8.13. The van der Waals surface area contributed by atoms with Crippen LogP contribution in [0.5, 0.6) is 0 Å². The molecule has 0 bridgehead atoms. The molecule has 0 atom stereocenters. The fraction of sp³-hybridized carbons (Fsp3) is 0.429. The van der Waals surface area contributed by atoms with Gasteiger partial charge >= 0.3 is 11.9 Å². The highest BCUT2D eigenvalue weighted by Crippen LogP contribution is 2.10. The number of hydrogen-bond donors (Lipinski definition) is 1. The van der Waals surface area contributed by atoms with Crippen LogP contribution in [0, 0.1) is 0 Å². The van der Waals surface area contributed by atoms with Crippen LogP contribution >= 0.6 is 0 Å². The minimum absolute atomic E-state index is 0.224. The molecule has 0 amide bonds. The SMILES string of the molecule is CCOC(=O)CCNc1ccc(C(=O)OCC)cc1. The van der Waals surface area contributed by atoms with Crippen molar-refractivity contribution in [3.63, 3.8) is 0 Å². The molecule has 0 spiro atoms. The first-order valence-corrected chi connectivity index (χ1v) is 6.34. The largest absolute Gasteiger partial charge is 0.466 e. The topological polar surface area (TPSA) is 64.6 Å². The molecule has 0 fully saturated rings. The Labute approximate surface area is 112 Å². The van der Waals surface area contributed by atoms with Crippen molar-refractivity contribution < 1.29 is 19.1 Å². The van der Waals surface area contributed by atoms with E-state index >= 15 is 0 Å². The molecule has 1 aromatic rings. The van der Waals surface area contributed by atoms with E-state index in [4.69, 9.17) is 9.47 Å². The fourth-order valence-corrected chi connectivity index (χ4v) is 1.48. The minimum atomic E-state index is -0.333. The summed E-state index contributed by atoms with van der Waals surface area (Å²) in [5.41, 5.74) is 1.36. The Morgan fingerprint density at radius 3 is 2.26 bits per heavy atom. The first-order valence-electron chi connectivity index (χ1n) is 6.34. The predicted molar refractivity (Wildman–Crippen MR) is 72.1 cm³/mol. The van der Waals surface area contributed by atoms with Crippen LogP contribution in [-0.2, 0) is 14.3 Å². The highest BCUT2D eigenvalue weighted by molar-refractivity contribution is 5.89. The third kappa shape index (κ3) is 5.42. The molecule has 1 N–H and O–H groups in total. The second-order valence-electron chi connectivity index (χ2n) is 3.78. The number of rotatable bonds is 7. The van der Waals surface area contributed by atoms with E-state index in [1.807, 2.05) is 0 Å². The molecular weight excluding hydrogens is 246 g/mol. The van der Waals surface area contributed by atoms with Gasteiger partial charge in [-0.3, -0.25) is 4.79 Å². The summed E-state index contributed by atoms with van der Waals surface area (Å²) < 4.78 is 9.70. The van der Waals surface area contributed by atoms with Crippen LogP contribution < -0.4 is 5.32 Å². The Bertz CT molecular complexity index is 414. The van der Waals surface area contributed by atoms with Gasteiger partial charge < -0.3 is 14.8 Å². The van der Waals surface area contributed by atoms with Crippen molar-refractivity contribution in [2.45, 2.75) is 20.3 Å². The molecule has 104 valence electrons. The maximum absolute atomic E-state index is 11.4. The van der Waals surface area contributed by atoms with E-state index in [1.54, 1.807) is 38.1 Å².